The summed E-state index contributed by atoms with van der Waals surface area (Å²) in [5, 5.41) is 14.5. The van der Waals surface area contributed by atoms with E-state index in [0.29, 0.717) is 12.1 Å². The minimum Gasteiger partial charge on any atom is -0.491 e. The van der Waals surface area contributed by atoms with Crippen molar-refractivity contribution < 1.29 is 51.3 Å². The Hall–Kier alpha value is -4.81. The monoisotopic (exact) mass is 592 g/mol. The maximum absolute atomic E-state index is 13.5. The molecule has 3 N–H and O–H groups in total. The number of halogens is 4. The van der Waals surface area contributed by atoms with E-state index < -0.39 is 46.9 Å². The van der Waals surface area contributed by atoms with Crippen LogP contribution in [0, 0.1) is 12.7 Å². The van der Waals surface area contributed by atoms with Crippen molar-refractivity contribution >= 4 is 23.7 Å². The molecule has 0 aromatic heterocycles. The number of amides is 2. The lowest BCUT2D eigenvalue weighted by Gasteiger charge is -2.19. The first-order chi connectivity index (χ1) is 19.5. The number of carboxylic acid groups (broad SMARTS) is 1. The van der Waals surface area contributed by atoms with Crippen LogP contribution >= 0.6 is 0 Å². The van der Waals surface area contributed by atoms with Crippen LogP contribution in [0.25, 0.3) is 0 Å². The van der Waals surface area contributed by atoms with Gasteiger partial charge in [-0.1, -0.05) is 0 Å². The lowest BCUT2D eigenvalue weighted by atomic mass is 10.1. The fraction of sp³-hybridized carbons (Fsp3) is 0.276. The van der Waals surface area contributed by atoms with Gasteiger partial charge >= 0.3 is 18.2 Å². The molecule has 224 valence electrons. The van der Waals surface area contributed by atoms with Crippen molar-refractivity contribution in [3.63, 3.8) is 0 Å². The zero-order valence-electron chi connectivity index (χ0n) is 23.0. The van der Waals surface area contributed by atoms with E-state index in [1.54, 1.807) is 20.8 Å². The van der Waals surface area contributed by atoms with Crippen LogP contribution < -0.4 is 20.1 Å². The molecule has 0 aliphatic rings. The van der Waals surface area contributed by atoms with Gasteiger partial charge in [-0.25, -0.2) is 14.0 Å². The lowest BCUT2D eigenvalue weighted by Crippen LogP contribution is -2.34. The van der Waals surface area contributed by atoms with Crippen molar-refractivity contribution in [2.45, 2.75) is 39.5 Å². The molecule has 3 aromatic rings. The first kappa shape index (κ1) is 31.7. The second kappa shape index (κ2) is 12.8. The van der Waals surface area contributed by atoms with Gasteiger partial charge in [-0.15, -0.1) is 0 Å². The average molecular weight is 593 g/mol. The summed E-state index contributed by atoms with van der Waals surface area (Å²) in [6.45, 7) is 6.48. The van der Waals surface area contributed by atoms with Crippen molar-refractivity contribution in [2.24, 2.45) is 0 Å². The molecule has 2 amide bonds. The topological polar surface area (TPSA) is 123 Å². The normalized spacial score (nSPS) is 11.4. The SMILES string of the molecule is Cc1cc(F)ccc1Oc1cc(C(F)(F)F)ccc1C(=O)Nc1ccc(OCCNC(=O)OC(C)(C)C)c(C(=O)O)c1. The summed E-state index contributed by atoms with van der Waals surface area (Å²) in [6, 6.07) is 9.35. The quantitative estimate of drug-likeness (QED) is 0.184. The fourth-order valence-corrected chi connectivity index (χ4v) is 3.54. The molecule has 0 aliphatic carbocycles. The molecule has 3 aromatic carbocycles. The van der Waals surface area contributed by atoms with E-state index in [1.807, 2.05) is 0 Å². The number of anilines is 1. The molecule has 0 saturated carbocycles. The Balaban J connectivity index is 1.79. The van der Waals surface area contributed by atoms with Gasteiger partial charge in [0.2, 0.25) is 0 Å². The third-order valence-corrected chi connectivity index (χ3v) is 5.41. The van der Waals surface area contributed by atoms with Crippen LogP contribution in [0.15, 0.2) is 54.6 Å². The smallest absolute Gasteiger partial charge is 0.416 e. The van der Waals surface area contributed by atoms with Crippen molar-refractivity contribution in [1.82, 2.24) is 5.32 Å². The number of hydrogen-bond acceptors (Lipinski definition) is 6. The first-order valence-electron chi connectivity index (χ1n) is 12.5. The number of nitrogens with one attached hydrogen (secondary N) is 2. The van der Waals surface area contributed by atoms with Crippen LogP contribution in [0.3, 0.4) is 0 Å². The standard InChI is InChI=1S/C29H28F4N2O7/c1-16-13-18(30)6-9-22(16)41-24-14-17(29(31,32)33)5-8-20(24)25(36)35-19-7-10-23(21(15-19)26(37)38)40-12-11-34-27(39)42-28(2,3)4/h5-10,13-15H,11-12H2,1-4H3,(H,34,39)(H,35,36)(H,37,38). The molecular weight excluding hydrogens is 564 g/mol. The zero-order valence-corrected chi connectivity index (χ0v) is 23.0. The van der Waals surface area contributed by atoms with Crippen LogP contribution in [0.1, 0.15) is 52.6 Å². The Morgan fingerprint density at radius 3 is 2.19 bits per heavy atom. The highest BCUT2D eigenvalue weighted by Crippen LogP contribution is 2.36. The van der Waals surface area contributed by atoms with Crippen molar-refractivity contribution in [1.29, 1.82) is 0 Å². The number of aryl methyl sites for hydroxylation is 1. The number of carboxylic acids is 1. The van der Waals surface area contributed by atoms with Gasteiger partial charge in [-0.05, 0) is 87.9 Å². The molecule has 0 radical (unpaired) electrons. The number of benzene rings is 3. The van der Waals surface area contributed by atoms with E-state index in [0.717, 1.165) is 24.3 Å². The number of rotatable bonds is 9. The molecule has 0 spiro atoms. The first-order valence-corrected chi connectivity index (χ1v) is 12.5. The molecular formula is C29H28F4N2O7. The van der Waals surface area contributed by atoms with E-state index in [-0.39, 0.29) is 47.0 Å². The Kier molecular flexibility index (Phi) is 9.66. The van der Waals surface area contributed by atoms with Crippen molar-refractivity contribution in [2.75, 3.05) is 18.5 Å². The second-order valence-electron chi connectivity index (χ2n) is 9.97. The molecule has 0 fully saturated rings. The Labute approximate surface area is 238 Å². The summed E-state index contributed by atoms with van der Waals surface area (Å²) in [5.41, 5.74) is -2.12. The lowest BCUT2D eigenvalue weighted by molar-refractivity contribution is -0.137. The molecule has 0 saturated heterocycles. The van der Waals surface area contributed by atoms with Gasteiger partial charge in [-0.3, -0.25) is 4.79 Å². The number of aromatic carboxylic acids is 1. The van der Waals surface area contributed by atoms with Crippen LogP contribution in [-0.2, 0) is 10.9 Å². The van der Waals surface area contributed by atoms with E-state index in [4.69, 9.17) is 14.2 Å². The van der Waals surface area contributed by atoms with Crippen molar-refractivity contribution in [3.05, 3.63) is 82.7 Å². The molecule has 0 aliphatic heterocycles. The third-order valence-electron chi connectivity index (χ3n) is 5.41. The Bertz CT molecular complexity index is 1480. The highest BCUT2D eigenvalue weighted by Gasteiger charge is 2.32. The van der Waals surface area contributed by atoms with Crippen LogP contribution in [-0.4, -0.2) is 41.8 Å². The minimum atomic E-state index is -4.74. The van der Waals surface area contributed by atoms with Gasteiger partial charge in [0.05, 0.1) is 17.7 Å². The molecule has 0 bridgehead atoms. The number of carbonyl (C=O) groups is 3. The highest BCUT2D eigenvalue weighted by molar-refractivity contribution is 6.07. The number of alkyl carbamates (subject to hydrolysis) is 1. The van der Waals surface area contributed by atoms with Crippen LogP contribution in [0.2, 0.25) is 0 Å². The molecule has 0 heterocycles. The summed E-state index contributed by atoms with van der Waals surface area (Å²) >= 11 is 0. The highest BCUT2D eigenvalue weighted by atomic mass is 19.4. The maximum Gasteiger partial charge on any atom is 0.416 e. The third kappa shape index (κ3) is 8.85. The molecule has 0 unspecified atom stereocenters. The molecule has 13 heteroatoms. The van der Waals surface area contributed by atoms with Gasteiger partial charge < -0.3 is 30.0 Å². The summed E-state index contributed by atoms with van der Waals surface area (Å²) in [4.78, 5) is 36.7. The molecule has 3 rings (SSSR count). The van der Waals surface area contributed by atoms with E-state index in [1.165, 1.54) is 25.1 Å². The summed E-state index contributed by atoms with van der Waals surface area (Å²) < 4.78 is 69.8. The number of carbonyl (C=O) groups excluding carboxylic acids is 2. The second-order valence-corrected chi connectivity index (χ2v) is 9.97. The average Bonchev–Trinajstić information content (AvgIpc) is 2.87. The largest absolute Gasteiger partial charge is 0.491 e. The summed E-state index contributed by atoms with van der Waals surface area (Å²) in [7, 11) is 0. The Morgan fingerprint density at radius 2 is 1.57 bits per heavy atom. The zero-order chi connectivity index (χ0) is 31.2. The predicted molar refractivity (Wildman–Crippen MR) is 144 cm³/mol. The van der Waals surface area contributed by atoms with Gasteiger partial charge in [0, 0.05) is 5.69 Å². The van der Waals surface area contributed by atoms with Gasteiger partial charge in [0.25, 0.3) is 5.91 Å². The summed E-state index contributed by atoms with van der Waals surface area (Å²) in [5.74, 6) is -3.34. The molecule has 42 heavy (non-hydrogen) atoms. The molecule has 0 atom stereocenters. The predicted octanol–water partition coefficient (Wildman–Crippen LogP) is 6.80. The maximum atomic E-state index is 13.5. The minimum absolute atomic E-state index is 0.000408. The van der Waals surface area contributed by atoms with Crippen LogP contribution in [0.5, 0.6) is 17.2 Å². The molecule has 9 nitrogen and oxygen atoms in total. The van der Waals surface area contributed by atoms with Gasteiger partial charge in [0.15, 0.2) is 0 Å². The van der Waals surface area contributed by atoms with E-state index in [2.05, 4.69) is 10.6 Å². The van der Waals surface area contributed by atoms with Gasteiger partial charge in [-0.2, -0.15) is 13.2 Å². The fourth-order valence-electron chi connectivity index (χ4n) is 3.54. The van der Waals surface area contributed by atoms with Crippen LogP contribution in [0.4, 0.5) is 28.0 Å². The Morgan fingerprint density at radius 1 is 0.881 bits per heavy atom. The number of hydrogen-bond donors (Lipinski definition) is 3. The number of ether oxygens (including phenoxy) is 3. The summed E-state index contributed by atoms with van der Waals surface area (Å²) in [6.07, 6.45) is -5.41. The number of alkyl halides is 3. The van der Waals surface area contributed by atoms with Gasteiger partial charge in [0.1, 0.15) is 40.8 Å². The van der Waals surface area contributed by atoms with E-state index in [9.17, 15) is 37.1 Å². The van der Waals surface area contributed by atoms with Crippen molar-refractivity contribution in [3.8, 4) is 17.2 Å². The van der Waals surface area contributed by atoms with E-state index >= 15 is 0 Å².